The van der Waals surface area contributed by atoms with Crippen molar-refractivity contribution in [3.8, 4) is 0 Å². The summed E-state index contributed by atoms with van der Waals surface area (Å²) in [5, 5.41) is 39.8. The van der Waals surface area contributed by atoms with Crippen LogP contribution in [0.25, 0.3) is 0 Å². The maximum atomic E-state index is 13.0. The molecule has 0 aromatic carbocycles. The molecule has 0 aromatic heterocycles. The summed E-state index contributed by atoms with van der Waals surface area (Å²) in [4.78, 5) is 50.7. The molecule has 4 fully saturated rings. The molecule has 6 N–H and O–H groups in total. The zero-order valence-corrected chi connectivity index (χ0v) is 25.2. The van der Waals surface area contributed by atoms with Crippen LogP contribution in [0.15, 0.2) is 0 Å². The lowest BCUT2D eigenvalue weighted by molar-refractivity contribution is -0.257. The lowest BCUT2D eigenvalue weighted by Gasteiger charge is -2.36. The fourth-order valence-electron chi connectivity index (χ4n) is 8.28. The Kier molecular flexibility index (Phi) is 13.5. The fraction of sp³-hybridized carbons (Fsp3) is 0.903. The predicted molar refractivity (Wildman–Crippen MR) is 154 cm³/mol. The van der Waals surface area contributed by atoms with Crippen molar-refractivity contribution >= 4 is 17.8 Å². The quantitative estimate of drug-likeness (QED) is 0.121. The average Bonchev–Trinajstić information content (AvgIpc) is 3.00. The molecule has 43 heavy (non-hydrogen) atoms. The van der Waals surface area contributed by atoms with Gasteiger partial charge in [0.15, 0.2) is 0 Å². The number of amides is 1. The largest absolute Gasteiger partial charge is 0.481 e. The topological polar surface area (TPSA) is 184 Å². The Hall–Kier alpha value is -1.83. The predicted octanol–water partition coefficient (Wildman–Crippen LogP) is 4.34. The van der Waals surface area contributed by atoms with E-state index in [9.17, 15) is 24.6 Å². The highest BCUT2D eigenvalue weighted by atomic mass is 17.1. The number of carbonyl (C=O) groups excluding carboxylic acids is 1. The molecule has 4 aliphatic rings. The van der Waals surface area contributed by atoms with E-state index < -0.39 is 23.8 Å². The molecule has 0 spiro atoms. The standard InChI is InChI=1S/C31H52N2O10/c34-29(27-12-5-21(16-42-39)14-28(27)31(37)38)32-25-8-1-19(2-9-25)13-20-3-10-26(11-4-20)33-41-17-23-7-6-22(30(35)36)15-24(23)18-43-40/h19-28,33,39-40H,1-18H2,(H,32,34)(H,35,36)(H,37,38). The molecule has 0 radical (unpaired) electrons. The van der Waals surface area contributed by atoms with Crippen LogP contribution in [0.5, 0.6) is 0 Å². The first-order valence-electron chi connectivity index (χ1n) is 16.4. The molecule has 0 saturated heterocycles. The Morgan fingerprint density at radius 2 is 1.23 bits per heavy atom. The minimum atomic E-state index is -0.954. The van der Waals surface area contributed by atoms with Gasteiger partial charge in [-0.1, -0.05) is 0 Å². The van der Waals surface area contributed by atoms with Gasteiger partial charge in [0.25, 0.3) is 0 Å². The molecule has 4 aliphatic carbocycles. The summed E-state index contributed by atoms with van der Waals surface area (Å²) in [6.45, 7) is 0.720. The van der Waals surface area contributed by atoms with Crippen molar-refractivity contribution in [1.29, 1.82) is 0 Å². The molecule has 12 heteroatoms. The number of rotatable bonds is 14. The third-order valence-corrected chi connectivity index (χ3v) is 11.0. The Balaban J connectivity index is 1.10. The van der Waals surface area contributed by atoms with Gasteiger partial charge in [-0.25, -0.2) is 9.78 Å². The van der Waals surface area contributed by atoms with E-state index in [2.05, 4.69) is 20.6 Å². The number of hydrogen-bond acceptors (Lipinski definition) is 9. The van der Waals surface area contributed by atoms with Crippen molar-refractivity contribution in [2.75, 3.05) is 19.8 Å². The van der Waals surface area contributed by atoms with Gasteiger partial charge in [-0.2, -0.15) is 5.48 Å². The third kappa shape index (κ3) is 10.1. The van der Waals surface area contributed by atoms with Gasteiger partial charge in [0.2, 0.25) is 5.91 Å². The minimum Gasteiger partial charge on any atom is -0.481 e. The van der Waals surface area contributed by atoms with Gasteiger partial charge in [-0.15, -0.1) is 0 Å². The summed E-state index contributed by atoms with van der Waals surface area (Å²) in [5.41, 5.74) is 3.25. The van der Waals surface area contributed by atoms with E-state index in [-0.39, 0.29) is 48.8 Å². The first-order chi connectivity index (χ1) is 20.8. The SMILES string of the molecule is O=C(O)C1CCC(CONC2CCC(CC3CCC(NC(=O)C4CCC(COO)CC4C(=O)O)CC3)CC2)C(COO)C1. The van der Waals surface area contributed by atoms with Gasteiger partial charge in [0, 0.05) is 12.1 Å². The third-order valence-electron chi connectivity index (χ3n) is 11.0. The van der Waals surface area contributed by atoms with Crippen LogP contribution >= 0.6 is 0 Å². The molecule has 4 rings (SSSR count). The molecular formula is C31H52N2O10. The lowest BCUT2D eigenvalue weighted by Crippen LogP contribution is -2.46. The number of aliphatic carboxylic acids is 2. The summed E-state index contributed by atoms with van der Waals surface area (Å²) >= 11 is 0. The maximum Gasteiger partial charge on any atom is 0.307 e. The molecule has 0 aliphatic heterocycles. The summed E-state index contributed by atoms with van der Waals surface area (Å²) in [6, 6.07) is 0.419. The van der Waals surface area contributed by atoms with Gasteiger partial charge in [-0.3, -0.25) is 24.9 Å². The maximum absolute atomic E-state index is 13.0. The highest BCUT2D eigenvalue weighted by Gasteiger charge is 2.40. The summed E-state index contributed by atoms with van der Waals surface area (Å²) in [5.74, 6) is -2.09. The Morgan fingerprint density at radius 3 is 1.84 bits per heavy atom. The Labute approximate surface area is 254 Å². The molecule has 4 saturated carbocycles. The van der Waals surface area contributed by atoms with Crippen LogP contribution in [0, 0.1) is 47.3 Å². The van der Waals surface area contributed by atoms with E-state index in [4.69, 9.17) is 15.4 Å². The van der Waals surface area contributed by atoms with Crippen LogP contribution in [0.1, 0.15) is 96.3 Å². The van der Waals surface area contributed by atoms with Crippen molar-refractivity contribution in [2.24, 2.45) is 47.3 Å². The second kappa shape index (κ2) is 17.0. The summed E-state index contributed by atoms with van der Waals surface area (Å²) < 4.78 is 0. The minimum absolute atomic E-state index is 0.0320. The molecule has 6 unspecified atom stereocenters. The van der Waals surface area contributed by atoms with Gasteiger partial charge in [0.1, 0.15) is 0 Å². The number of nitrogens with one attached hydrogen (secondary N) is 2. The van der Waals surface area contributed by atoms with Crippen LogP contribution in [-0.2, 0) is 29.0 Å². The van der Waals surface area contributed by atoms with Gasteiger partial charge in [-0.05, 0) is 126 Å². The van der Waals surface area contributed by atoms with E-state index in [1.807, 2.05) is 0 Å². The van der Waals surface area contributed by atoms with Gasteiger partial charge < -0.3 is 20.4 Å². The van der Waals surface area contributed by atoms with E-state index in [0.717, 1.165) is 57.8 Å². The van der Waals surface area contributed by atoms with Crippen LogP contribution in [0.2, 0.25) is 0 Å². The number of carboxylic acids is 2. The van der Waals surface area contributed by atoms with Crippen LogP contribution < -0.4 is 10.8 Å². The van der Waals surface area contributed by atoms with Crippen LogP contribution in [-0.4, -0.2) is 70.5 Å². The second-order valence-electron chi connectivity index (χ2n) is 13.8. The summed E-state index contributed by atoms with van der Waals surface area (Å²) in [6.07, 6.45) is 13.1. The normalized spacial score (nSPS) is 37.0. The van der Waals surface area contributed by atoms with Crippen molar-refractivity contribution in [2.45, 2.75) is 108 Å². The van der Waals surface area contributed by atoms with Crippen LogP contribution in [0.4, 0.5) is 0 Å². The highest BCUT2D eigenvalue weighted by Crippen LogP contribution is 2.38. The first kappa shape index (κ1) is 34.1. The number of hydrogen-bond donors (Lipinski definition) is 6. The summed E-state index contributed by atoms with van der Waals surface area (Å²) in [7, 11) is 0. The molecule has 246 valence electrons. The first-order valence-corrected chi connectivity index (χ1v) is 16.4. The van der Waals surface area contributed by atoms with Gasteiger partial charge in [0.05, 0.1) is 37.6 Å². The van der Waals surface area contributed by atoms with Crippen molar-refractivity contribution in [3.05, 3.63) is 0 Å². The molecular weight excluding hydrogens is 560 g/mol. The van der Waals surface area contributed by atoms with Crippen molar-refractivity contribution in [3.63, 3.8) is 0 Å². The van der Waals surface area contributed by atoms with E-state index in [0.29, 0.717) is 56.6 Å². The average molecular weight is 613 g/mol. The Bertz CT molecular complexity index is 890. The molecule has 0 heterocycles. The molecule has 1 amide bonds. The zero-order chi connectivity index (χ0) is 30.8. The van der Waals surface area contributed by atoms with Gasteiger partial charge >= 0.3 is 11.9 Å². The molecule has 0 aromatic rings. The van der Waals surface area contributed by atoms with Crippen LogP contribution in [0.3, 0.4) is 0 Å². The molecule has 0 bridgehead atoms. The van der Waals surface area contributed by atoms with E-state index in [1.54, 1.807) is 0 Å². The Morgan fingerprint density at radius 1 is 0.605 bits per heavy atom. The fourth-order valence-corrected chi connectivity index (χ4v) is 8.28. The lowest BCUT2D eigenvalue weighted by atomic mass is 9.73. The zero-order valence-electron chi connectivity index (χ0n) is 25.2. The van der Waals surface area contributed by atoms with E-state index in [1.165, 1.54) is 6.42 Å². The number of carboxylic acid groups (broad SMARTS) is 2. The monoisotopic (exact) mass is 612 g/mol. The molecule has 6 atom stereocenters. The van der Waals surface area contributed by atoms with E-state index >= 15 is 0 Å². The van der Waals surface area contributed by atoms with Crippen molar-refractivity contribution < 1.29 is 49.7 Å². The smallest absolute Gasteiger partial charge is 0.307 e. The second-order valence-corrected chi connectivity index (χ2v) is 13.8. The highest BCUT2D eigenvalue weighted by molar-refractivity contribution is 5.85. The number of carbonyl (C=O) groups is 3. The number of hydroxylamine groups is 1. The van der Waals surface area contributed by atoms with Crippen molar-refractivity contribution in [1.82, 2.24) is 10.8 Å². The molecule has 12 nitrogen and oxygen atoms in total.